The Hall–Kier alpha value is -1.76. The Bertz CT molecular complexity index is 753. The van der Waals surface area contributed by atoms with Crippen LogP contribution < -0.4 is 4.74 Å². The highest BCUT2D eigenvalue weighted by Gasteiger charge is 2.69. The summed E-state index contributed by atoms with van der Waals surface area (Å²) in [4.78, 5) is 0. The zero-order valence-electron chi connectivity index (χ0n) is 14.2. The van der Waals surface area contributed by atoms with E-state index < -0.39 is 0 Å². The van der Waals surface area contributed by atoms with Crippen LogP contribution in [0, 0.1) is 10.8 Å². The fourth-order valence-corrected chi connectivity index (χ4v) is 6.03. The lowest BCUT2D eigenvalue weighted by Gasteiger charge is -2.67. The number of methoxy groups -OCH3 is 1. The van der Waals surface area contributed by atoms with Crippen molar-refractivity contribution < 1.29 is 4.74 Å². The van der Waals surface area contributed by atoms with E-state index in [-0.39, 0.29) is 16.2 Å². The molecule has 1 spiro atoms. The summed E-state index contributed by atoms with van der Waals surface area (Å²) in [6.45, 7) is 9.70. The molecule has 4 rings (SSSR count). The van der Waals surface area contributed by atoms with Gasteiger partial charge < -0.3 is 4.74 Å². The van der Waals surface area contributed by atoms with Crippen LogP contribution in [-0.4, -0.2) is 7.11 Å². The predicted octanol–water partition coefficient (Wildman–Crippen LogP) is 5.42. The highest BCUT2D eigenvalue weighted by molar-refractivity contribution is 5.84. The van der Waals surface area contributed by atoms with Crippen molar-refractivity contribution in [1.29, 1.82) is 0 Å². The monoisotopic (exact) mass is 292 g/mol. The molecule has 0 atom stereocenters. The average molecular weight is 292 g/mol. The van der Waals surface area contributed by atoms with Gasteiger partial charge in [-0.1, -0.05) is 58.0 Å². The molecule has 0 saturated heterocycles. The lowest BCUT2D eigenvalue weighted by Crippen LogP contribution is -2.63. The molecule has 2 aliphatic carbocycles. The smallest absolute Gasteiger partial charge is 0.119 e. The third-order valence-corrected chi connectivity index (χ3v) is 6.17. The summed E-state index contributed by atoms with van der Waals surface area (Å²) >= 11 is 0. The Balaban J connectivity index is 2.11. The van der Waals surface area contributed by atoms with Gasteiger partial charge in [0.05, 0.1) is 7.11 Å². The van der Waals surface area contributed by atoms with Crippen molar-refractivity contribution in [3.63, 3.8) is 0 Å². The van der Waals surface area contributed by atoms with Crippen molar-refractivity contribution >= 4 is 0 Å². The molecule has 1 fully saturated rings. The number of hydrogen-bond donors (Lipinski definition) is 0. The van der Waals surface area contributed by atoms with Gasteiger partial charge in [0.25, 0.3) is 0 Å². The average Bonchev–Trinajstić information content (AvgIpc) is 2.78. The minimum atomic E-state index is 0.109. The topological polar surface area (TPSA) is 9.23 Å². The summed E-state index contributed by atoms with van der Waals surface area (Å²) in [7, 11) is 1.75. The standard InChI is InChI=1S/C21H24O/c1-19(2)13-20(3,4)21(19)17-9-7-6-8-15(17)16-12-14(22-5)10-11-18(16)21/h6-12H,13H2,1-5H3. The lowest BCUT2D eigenvalue weighted by molar-refractivity contribution is -0.0858. The molecule has 0 N–H and O–H groups in total. The van der Waals surface area contributed by atoms with Crippen LogP contribution >= 0.6 is 0 Å². The number of rotatable bonds is 1. The van der Waals surface area contributed by atoms with Gasteiger partial charge in [0.1, 0.15) is 5.75 Å². The Labute approximate surface area is 133 Å². The van der Waals surface area contributed by atoms with Gasteiger partial charge in [0.2, 0.25) is 0 Å². The van der Waals surface area contributed by atoms with Crippen molar-refractivity contribution in [2.24, 2.45) is 10.8 Å². The largest absolute Gasteiger partial charge is 0.497 e. The van der Waals surface area contributed by atoms with Gasteiger partial charge in [-0.15, -0.1) is 0 Å². The number of benzene rings is 2. The number of ether oxygens (including phenoxy) is 1. The first-order valence-electron chi connectivity index (χ1n) is 8.13. The van der Waals surface area contributed by atoms with Gasteiger partial charge in [0.15, 0.2) is 0 Å². The van der Waals surface area contributed by atoms with Crippen LogP contribution in [-0.2, 0) is 5.41 Å². The van der Waals surface area contributed by atoms with Crippen LogP contribution in [0.5, 0.6) is 5.75 Å². The highest BCUT2D eigenvalue weighted by atomic mass is 16.5. The van der Waals surface area contributed by atoms with Gasteiger partial charge in [0, 0.05) is 5.41 Å². The second kappa shape index (κ2) is 3.95. The van der Waals surface area contributed by atoms with Crippen LogP contribution in [0.1, 0.15) is 45.2 Å². The van der Waals surface area contributed by atoms with E-state index in [1.165, 1.54) is 28.7 Å². The maximum atomic E-state index is 5.48. The summed E-state index contributed by atoms with van der Waals surface area (Å²) in [6, 6.07) is 15.6. The molecular formula is C21H24O. The fourth-order valence-electron chi connectivity index (χ4n) is 6.03. The van der Waals surface area contributed by atoms with E-state index in [1.807, 2.05) is 0 Å². The molecule has 1 saturated carbocycles. The van der Waals surface area contributed by atoms with Gasteiger partial charge in [-0.3, -0.25) is 0 Å². The van der Waals surface area contributed by atoms with Crippen LogP contribution in [0.15, 0.2) is 42.5 Å². The molecule has 0 aromatic heterocycles. The van der Waals surface area contributed by atoms with Crippen molar-refractivity contribution in [2.75, 3.05) is 7.11 Å². The van der Waals surface area contributed by atoms with Gasteiger partial charge in [-0.2, -0.15) is 0 Å². The second-order valence-electron chi connectivity index (χ2n) is 8.15. The Morgan fingerprint density at radius 3 is 2.09 bits per heavy atom. The first-order valence-corrected chi connectivity index (χ1v) is 8.13. The SMILES string of the molecule is COc1ccc2c(c1)-c1ccccc1C21C(C)(C)CC1(C)C. The van der Waals surface area contributed by atoms with Gasteiger partial charge in [-0.05, 0) is 51.6 Å². The molecule has 2 aliphatic rings. The number of hydrogen-bond acceptors (Lipinski definition) is 1. The summed E-state index contributed by atoms with van der Waals surface area (Å²) in [5, 5.41) is 0. The fraction of sp³-hybridized carbons (Fsp3) is 0.429. The van der Waals surface area contributed by atoms with Crippen LogP contribution in [0.3, 0.4) is 0 Å². The zero-order valence-corrected chi connectivity index (χ0v) is 14.2. The lowest BCUT2D eigenvalue weighted by atomic mass is 9.36. The summed E-state index contributed by atoms with van der Waals surface area (Å²) in [5.41, 5.74) is 6.38. The molecule has 2 aromatic rings. The molecule has 22 heavy (non-hydrogen) atoms. The molecule has 1 nitrogen and oxygen atoms in total. The quantitative estimate of drug-likeness (QED) is 0.682. The third kappa shape index (κ3) is 1.31. The highest BCUT2D eigenvalue weighted by Crippen LogP contribution is 2.75. The van der Waals surface area contributed by atoms with Gasteiger partial charge in [-0.25, -0.2) is 0 Å². The van der Waals surface area contributed by atoms with E-state index in [1.54, 1.807) is 7.11 Å². The first-order chi connectivity index (χ1) is 10.3. The Morgan fingerprint density at radius 1 is 0.818 bits per heavy atom. The van der Waals surface area contributed by atoms with Crippen molar-refractivity contribution in [1.82, 2.24) is 0 Å². The molecule has 0 unspecified atom stereocenters. The molecule has 1 heteroatoms. The Morgan fingerprint density at radius 2 is 1.45 bits per heavy atom. The molecule has 0 aliphatic heterocycles. The minimum Gasteiger partial charge on any atom is -0.497 e. The molecule has 0 heterocycles. The summed E-state index contributed by atoms with van der Waals surface area (Å²) < 4.78 is 5.48. The number of fused-ring (bicyclic) bond motifs is 5. The normalized spacial score (nSPS) is 21.9. The van der Waals surface area contributed by atoms with Crippen molar-refractivity contribution in [2.45, 2.75) is 39.5 Å². The molecule has 114 valence electrons. The van der Waals surface area contributed by atoms with Gasteiger partial charge >= 0.3 is 0 Å². The first kappa shape index (κ1) is 13.9. The molecule has 0 amide bonds. The zero-order chi connectivity index (χ0) is 15.8. The third-order valence-electron chi connectivity index (χ3n) is 6.17. The Kier molecular flexibility index (Phi) is 2.49. The van der Waals surface area contributed by atoms with Crippen LogP contribution in [0.4, 0.5) is 0 Å². The van der Waals surface area contributed by atoms with E-state index in [2.05, 4.69) is 70.2 Å². The molecular weight excluding hydrogens is 268 g/mol. The molecule has 0 bridgehead atoms. The van der Waals surface area contributed by atoms with Crippen molar-refractivity contribution in [3.05, 3.63) is 53.6 Å². The van der Waals surface area contributed by atoms with Crippen molar-refractivity contribution in [3.8, 4) is 16.9 Å². The molecule has 2 aromatic carbocycles. The van der Waals surface area contributed by atoms with E-state index in [0.717, 1.165) is 5.75 Å². The van der Waals surface area contributed by atoms with Crippen LogP contribution in [0.25, 0.3) is 11.1 Å². The van der Waals surface area contributed by atoms with E-state index in [4.69, 9.17) is 4.74 Å². The van der Waals surface area contributed by atoms with Crippen LogP contribution in [0.2, 0.25) is 0 Å². The predicted molar refractivity (Wildman–Crippen MR) is 91.4 cm³/mol. The van der Waals surface area contributed by atoms with E-state index in [0.29, 0.717) is 0 Å². The molecule has 0 radical (unpaired) electrons. The summed E-state index contributed by atoms with van der Waals surface area (Å²) in [5.74, 6) is 0.945. The maximum absolute atomic E-state index is 5.48. The van der Waals surface area contributed by atoms with E-state index in [9.17, 15) is 0 Å². The van der Waals surface area contributed by atoms with E-state index >= 15 is 0 Å². The summed E-state index contributed by atoms with van der Waals surface area (Å²) in [6.07, 6.45) is 1.25. The maximum Gasteiger partial charge on any atom is 0.119 e. The second-order valence-corrected chi connectivity index (χ2v) is 8.15. The minimum absolute atomic E-state index is 0.109.